The van der Waals surface area contributed by atoms with Crippen LogP contribution in [0.3, 0.4) is 0 Å². The van der Waals surface area contributed by atoms with Gasteiger partial charge < -0.3 is 14.4 Å². The van der Waals surface area contributed by atoms with Gasteiger partial charge in [-0.05, 0) is 40.5 Å². The van der Waals surface area contributed by atoms with Crippen molar-refractivity contribution >= 4 is 34.0 Å². The molecule has 0 bridgehead atoms. The first-order valence-electron chi connectivity index (χ1n) is 5.87. The molecule has 0 aromatic rings. The van der Waals surface area contributed by atoms with Crippen LogP contribution in [0.2, 0.25) is 0 Å². The Morgan fingerprint density at radius 2 is 2.06 bits per heavy atom. The summed E-state index contributed by atoms with van der Waals surface area (Å²) in [6.45, 7) is 7.75. The Bertz CT molecular complexity index is 249. The van der Waals surface area contributed by atoms with Gasteiger partial charge >= 0.3 is 0 Å². The first-order valence-corrected chi connectivity index (χ1v) is 8.27. The lowest BCUT2D eigenvalue weighted by molar-refractivity contribution is -0.160. The van der Waals surface area contributed by atoms with Gasteiger partial charge in [-0.1, -0.05) is 22.6 Å². The lowest BCUT2D eigenvalue weighted by Crippen LogP contribution is -2.51. The highest BCUT2D eigenvalue weighted by Gasteiger charge is 2.35. The Morgan fingerprint density at radius 1 is 1.47 bits per heavy atom. The van der Waals surface area contributed by atoms with Crippen LogP contribution < -0.4 is 4.72 Å². The van der Waals surface area contributed by atoms with Gasteiger partial charge in [0.25, 0.3) is 0 Å². The molecule has 0 amide bonds. The zero-order valence-corrected chi connectivity index (χ0v) is 13.7. The molecule has 1 heterocycles. The second kappa shape index (κ2) is 6.38. The molecule has 1 aliphatic rings. The van der Waals surface area contributed by atoms with E-state index < -0.39 is 17.7 Å². The van der Waals surface area contributed by atoms with Crippen LogP contribution in [0.15, 0.2) is 0 Å². The van der Waals surface area contributed by atoms with Crippen LogP contribution in [0.5, 0.6) is 0 Å². The maximum Gasteiger partial charge on any atom is 0.166 e. The van der Waals surface area contributed by atoms with E-state index in [-0.39, 0.29) is 20.8 Å². The lowest BCUT2D eigenvalue weighted by atomic mass is 10.0. The van der Waals surface area contributed by atoms with Crippen LogP contribution in [0.4, 0.5) is 0 Å². The van der Waals surface area contributed by atoms with E-state index in [1.807, 2.05) is 27.7 Å². The number of ether oxygens (including phenoxy) is 1. The Kier molecular flexibility index (Phi) is 6.00. The van der Waals surface area contributed by atoms with Crippen LogP contribution in [0, 0.1) is 0 Å². The van der Waals surface area contributed by atoms with E-state index in [1.165, 1.54) is 0 Å². The summed E-state index contributed by atoms with van der Waals surface area (Å²) < 4.78 is 20.4. The first kappa shape index (κ1) is 16.0. The molecular weight excluding hydrogens is 353 g/mol. The number of hydrogen-bond donors (Lipinski definition) is 2. The third-order valence-corrected chi connectivity index (χ3v) is 5.69. The molecule has 3 unspecified atom stereocenters. The highest BCUT2D eigenvalue weighted by Crippen LogP contribution is 2.26. The molecular formula is C11H22INO3S. The zero-order valence-electron chi connectivity index (χ0n) is 10.8. The number of aliphatic hydroxyl groups is 1. The van der Waals surface area contributed by atoms with Gasteiger partial charge in [-0.25, -0.2) is 0 Å². The molecule has 0 saturated carbocycles. The fourth-order valence-electron chi connectivity index (χ4n) is 1.59. The molecule has 1 fully saturated rings. The van der Waals surface area contributed by atoms with Crippen molar-refractivity contribution in [1.82, 2.24) is 4.72 Å². The van der Waals surface area contributed by atoms with Crippen molar-refractivity contribution in [3.05, 3.63) is 0 Å². The summed E-state index contributed by atoms with van der Waals surface area (Å²) in [6, 6.07) is -0.0198. The van der Waals surface area contributed by atoms with E-state index in [9.17, 15) is 9.66 Å². The monoisotopic (exact) mass is 375 g/mol. The van der Waals surface area contributed by atoms with Crippen LogP contribution >= 0.6 is 22.6 Å². The summed E-state index contributed by atoms with van der Waals surface area (Å²) in [6.07, 6.45) is 1.05. The quantitative estimate of drug-likeness (QED) is 0.448. The van der Waals surface area contributed by atoms with Crippen molar-refractivity contribution in [3.8, 4) is 0 Å². The van der Waals surface area contributed by atoms with Crippen LogP contribution in [-0.4, -0.2) is 36.8 Å². The average molecular weight is 375 g/mol. The van der Waals surface area contributed by atoms with E-state index in [1.54, 1.807) is 0 Å². The van der Waals surface area contributed by atoms with E-state index in [2.05, 4.69) is 27.3 Å². The molecule has 4 nitrogen and oxygen atoms in total. The van der Waals surface area contributed by atoms with Gasteiger partial charge in [-0.2, -0.15) is 0 Å². The number of nitrogens with one attached hydrogen (secondary N) is 1. The van der Waals surface area contributed by atoms with Gasteiger partial charge in [0.15, 0.2) is 6.29 Å². The second-order valence-electron chi connectivity index (χ2n) is 5.45. The number of hydrogen-bond acceptors (Lipinski definition) is 4. The maximum atomic E-state index is 11.9. The number of rotatable bonds is 3. The second-order valence-corrected chi connectivity index (χ2v) is 9.04. The summed E-state index contributed by atoms with van der Waals surface area (Å²) in [4.78, 5) is 0. The molecule has 1 saturated heterocycles. The minimum absolute atomic E-state index is 0.0198. The maximum absolute atomic E-state index is 11.9. The summed E-state index contributed by atoms with van der Waals surface area (Å²) in [5, 5.41) is 9.66. The molecule has 17 heavy (non-hydrogen) atoms. The SMILES string of the molecule is CC(N[S@+]([O-])C(C)(C)C)[C@@H]1CCC(I)C(O)O1. The van der Waals surface area contributed by atoms with E-state index in [4.69, 9.17) is 4.74 Å². The molecule has 1 rings (SSSR count). The number of aliphatic hydroxyl groups excluding tert-OH is 1. The Balaban J connectivity index is 2.46. The van der Waals surface area contributed by atoms with Gasteiger partial charge in [0.2, 0.25) is 0 Å². The third-order valence-electron chi connectivity index (χ3n) is 2.76. The largest absolute Gasteiger partial charge is 0.598 e. The summed E-state index contributed by atoms with van der Waals surface area (Å²) in [7, 11) is 0. The minimum Gasteiger partial charge on any atom is -0.598 e. The molecule has 2 N–H and O–H groups in total. The zero-order chi connectivity index (χ0) is 13.2. The Morgan fingerprint density at radius 3 is 2.53 bits per heavy atom. The summed E-state index contributed by atoms with van der Waals surface area (Å²) >= 11 is 1.10. The van der Waals surface area contributed by atoms with Gasteiger partial charge in [0.1, 0.15) is 4.75 Å². The predicted octanol–water partition coefficient (Wildman–Crippen LogP) is 1.73. The van der Waals surface area contributed by atoms with Crippen molar-refractivity contribution in [2.24, 2.45) is 0 Å². The molecule has 0 spiro atoms. The molecule has 1 aliphatic heterocycles. The van der Waals surface area contributed by atoms with Gasteiger partial charge in [0.05, 0.1) is 16.1 Å². The fraction of sp³-hybridized carbons (Fsp3) is 1.00. The topological polar surface area (TPSA) is 64.5 Å². The molecule has 0 aliphatic carbocycles. The van der Waals surface area contributed by atoms with Gasteiger partial charge in [-0.15, -0.1) is 4.72 Å². The molecule has 5 atom stereocenters. The molecule has 6 heteroatoms. The predicted molar refractivity (Wildman–Crippen MR) is 78.4 cm³/mol. The number of halogens is 1. The molecule has 0 aromatic carbocycles. The molecule has 0 aromatic heterocycles. The average Bonchev–Trinajstić information content (AvgIpc) is 2.20. The first-order chi connectivity index (χ1) is 7.71. The highest BCUT2D eigenvalue weighted by atomic mass is 127. The van der Waals surface area contributed by atoms with Crippen molar-refractivity contribution in [1.29, 1.82) is 0 Å². The molecule has 0 radical (unpaired) electrons. The Labute approximate surface area is 120 Å². The number of alkyl halides is 1. The van der Waals surface area contributed by atoms with Crippen molar-refractivity contribution < 1.29 is 14.4 Å². The van der Waals surface area contributed by atoms with Crippen molar-refractivity contribution in [3.63, 3.8) is 0 Å². The normalized spacial score (nSPS) is 34.4. The lowest BCUT2D eigenvalue weighted by Gasteiger charge is -2.35. The standard InChI is InChI=1S/C11H22INO3S/c1-7(13-17(15)11(2,3)4)9-6-5-8(12)10(14)16-9/h7-10,13-14H,5-6H2,1-4H3/t7?,8?,9-,10?,17+/m0/s1. The smallest absolute Gasteiger partial charge is 0.166 e. The van der Waals surface area contributed by atoms with E-state index >= 15 is 0 Å². The minimum atomic E-state index is -1.10. The summed E-state index contributed by atoms with van der Waals surface area (Å²) in [5.41, 5.74) is 0. The highest BCUT2D eigenvalue weighted by molar-refractivity contribution is 14.1. The van der Waals surface area contributed by atoms with E-state index in [0.717, 1.165) is 12.8 Å². The van der Waals surface area contributed by atoms with Gasteiger partial charge in [0, 0.05) is 11.4 Å². The van der Waals surface area contributed by atoms with Crippen molar-refractivity contribution in [2.75, 3.05) is 0 Å². The molecule has 102 valence electrons. The van der Waals surface area contributed by atoms with Crippen LogP contribution in [-0.2, 0) is 16.1 Å². The van der Waals surface area contributed by atoms with Crippen LogP contribution in [0.1, 0.15) is 40.5 Å². The Hall–Kier alpha value is 0.920. The van der Waals surface area contributed by atoms with Crippen LogP contribution in [0.25, 0.3) is 0 Å². The fourth-order valence-corrected chi connectivity index (χ4v) is 2.96. The summed E-state index contributed by atoms with van der Waals surface area (Å²) in [5.74, 6) is 0. The van der Waals surface area contributed by atoms with Crippen molar-refractivity contribution in [2.45, 2.75) is 67.6 Å². The third kappa shape index (κ3) is 4.83. The van der Waals surface area contributed by atoms with Gasteiger partial charge in [-0.3, -0.25) is 0 Å². The van der Waals surface area contributed by atoms with E-state index in [0.29, 0.717) is 0 Å².